The molecule has 3 rings (SSSR count). The molecule has 2 nitrogen and oxygen atoms in total. The largest absolute Gasteiger partial charge is 0.245 e. The van der Waals surface area contributed by atoms with Gasteiger partial charge in [-0.15, -0.1) is 11.3 Å². The summed E-state index contributed by atoms with van der Waals surface area (Å²) in [7, 11) is 0. The van der Waals surface area contributed by atoms with Crippen LogP contribution in [0.25, 0.3) is 10.2 Å². The highest BCUT2D eigenvalue weighted by atomic mass is 79.9. The fraction of sp³-hybridized carbons (Fsp3) is 0.0769. The van der Waals surface area contributed by atoms with Gasteiger partial charge in [-0.05, 0) is 58.9 Å². The molecular weight excluding hydrogens is 328 g/mol. The second kappa shape index (κ2) is 4.99. The fourth-order valence-corrected chi connectivity index (χ4v) is 3.81. The second-order valence-electron chi connectivity index (χ2n) is 3.77. The number of benzene rings is 1. The first kappa shape index (κ1) is 12.1. The van der Waals surface area contributed by atoms with Crippen LogP contribution in [0, 0.1) is 6.92 Å². The third kappa shape index (κ3) is 2.43. The van der Waals surface area contributed by atoms with Crippen LogP contribution in [0.3, 0.4) is 0 Å². The number of hydrogen-bond acceptors (Lipinski definition) is 4. The second-order valence-corrected chi connectivity index (χ2v) is 6.92. The van der Waals surface area contributed by atoms with Gasteiger partial charge in [-0.1, -0.05) is 12.1 Å². The lowest BCUT2D eigenvalue weighted by molar-refractivity contribution is 1.05. The first-order valence-corrected chi connectivity index (χ1v) is 7.81. The van der Waals surface area contributed by atoms with Gasteiger partial charge >= 0.3 is 0 Å². The number of aromatic nitrogens is 2. The molecule has 90 valence electrons. The van der Waals surface area contributed by atoms with Gasteiger partial charge in [0.05, 0.1) is 15.9 Å². The van der Waals surface area contributed by atoms with Crippen LogP contribution >= 0.6 is 39.0 Å². The van der Waals surface area contributed by atoms with Crippen molar-refractivity contribution in [2.75, 3.05) is 0 Å². The highest BCUT2D eigenvalue weighted by Gasteiger charge is 2.07. The molecule has 0 aliphatic carbocycles. The summed E-state index contributed by atoms with van der Waals surface area (Å²) in [4.78, 5) is 9.11. The molecule has 0 aliphatic heterocycles. The van der Waals surface area contributed by atoms with E-state index in [9.17, 15) is 0 Å². The van der Waals surface area contributed by atoms with Crippen LogP contribution in [0.1, 0.15) is 5.69 Å². The van der Waals surface area contributed by atoms with Crippen LogP contribution in [0.15, 0.2) is 50.2 Å². The third-order valence-corrected chi connectivity index (χ3v) is 5.33. The van der Waals surface area contributed by atoms with Gasteiger partial charge in [-0.2, -0.15) is 0 Å². The lowest BCUT2D eigenvalue weighted by Gasteiger charge is -2.00. The summed E-state index contributed by atoms with van der Waals surface area (Å²) in [6, 6.07) is 12.2. The maximum atomic E-state index is 4.59. The Morgan fingerprint density at radius 1 is 1.11 bits per heavy atom. The Kier molecular flexibility index (Phi) is 3.37. The van der Waals surface area contributed by atoms with Crippen LogP contribution in [0.5, 0.6) is 0 Å². The van der Waals surface area contributed by atoms with E-state index in [0.29, 0.717) is 0 Å². The maximum absolute atomic E-state index is 4.59. The molecule has 0 amide bonds. The van der Waals surface area contributed by atoms with E-state index >= 15 is 0 Å². The summed E-state index contributed by atoms with van der Waals surface area (Å²) in [6.45, 7) is 1.99. The van der Waals surface area contributed by atoms with E-state index in [1.807, 2.05) is 37.3 Å². The molecular formula is C13H9BrN2S2. The van der Waals surface area contributed by atoms with Crippen molar-refractivity contribution in [3.63, 3.8) is 0 Å². The quantitative estimate of drug-likeness (QED) is 0.664. The molecule has 1 aromatic carbocycles. The zero-order valence-electron chi connectivity index (χ0n) is 9.55. The minimum atomic E-state index is 0.981. The predicted molar refractivity (Wildman–Crippen MR) is 80.4 cm³/mol. The zero-order valence-corrected chi connectivity index (χ0v) is 12.8. The Bertz CT molecular complexity index is 676. The van der Waals surface area contributed by atoms with E-state index in [2.05, 4.69) is 32.0 Å². The molecule has 5 heteroatoms. The number of halogens is 1. The smallest absolute Gasteiger partial charge is 0.157 e. The Morgan fingerprint density at radius 3 is 2.72 bits per heavy atom. The highest BCUT2D eigenvalue weighted by Crippen LogP contribution is 2.33. The van der Waals surface area contributed by atoms with E-state index in [0.717, 1.165) is 25.0 Å². The van der Waals surface area contributed by atoms with Crippen LogP contribution in [0.2, 0.25) is 0 Å². The average Bonchev–Trinajstić information content (AvgIpc) is 2.76. The molecule has 0 atom stereocenters. The van der Waals surface area contributed by atoms with Gasteiger partial charge < -0.3 is 0 Å². The Morgan fingerprint density at radius 2 is 1.94 bits per heavy atom. The van der Waals surface area contributed by atoms with Crippen molar-refractivity contribution in [2.24, 2.45) is 0 Å². The number of nitrogens with zero attached hydrogens (tertiary/aromatic N) is 2. The van der Waals surface area contributed by atoms with Crippen LogP contribution < -0.4 is 0 Å². The summed E-state index contributed by atoms with van der Waals surface area (Å²) in [5.41, 5.74) is 2.06. The lowest BCUT2D eigenvalue weighted by Crippen LogP contribution is -1.85. The predicted octanol–water partition coefficient (Wildman–Crippen LogP) is 4.91. The van der Waals surface area contributed by atoms with Gasteiger partial charge in [0.1, 0.15) is 5.03 Å². The van der Waals surface area contributed by atoms with E-state index < -0.39 is 0 Å². The average molecular weight is 337 g/mol. The molecule has 0 radical (unpaired) electrons. The minimum Gasteiger partial charge on any atom is -0.245 e. The summed E-state index contributed by atoms with van der Waals surface area (Å²) < 4.78 is 3.29. The number of pyridine rings is 1. The number of rotatable bonds is 2. The summed E-state index contributed by atoms with van der Waals surface area (Å²) in [5.74, 6) is 0. The summed E-state index contributed by atoms with van der Waals surface area (Å²) in [5, 5.41) is 0.981. The van der Waals surface area contributed by atoms with Crippen molar-refractivity contribution in [3.8, 4) is 0 Å². The molecule has 0 unspecified atom stereocenters. The van der Waals surface area contributed by atoms with Gasteiger partial charge in [-0.25, -0.2) is 9.97 Å². The van der Waals surface area contributed by atoms with E-state index in [1.54, 1.807) is 23.1 Å². The van der Waals surface area contributed by atoms with Crippen molar-refractivity contribution < 1.29 is 0 Å². The van der Waals surface area contributed by atoms with Crippen molar-refractivity contribution in [1.29, 1.82) is 0 Å². The van der Waals surface area contributed by atoms with Crippen molar-refractivity contribution >= 4 is 49.2 Å². The molecule has 0 spiro atoms. The molecule has 2 aromatic heterocycles. The normalized spacial score (nSPS) is 11.0. The number of para-hydroxylation sites is 1. The molecule has 0 fully saturated rings. The molecule has 0 bridgehead atoms. The Balaban J connectivity index is 1.93. The molecule has 18 heavy (non-hydrogen) atoms. The maximum Gasteiger partial charge on any atom is 0.157 e. The molecule has 0 saturated carbocycles. The van der Waals surface area contributed by atoms with E-state index in [1.165, 1.54) is 4.70 Å². The van der Waals surface area contributed by atoms with Gasteiger partial charge in [0.2, 0.25) is 0 Å². The van der Waals surface area contributed by atoms with Crippen LogP contribution in [0.4, 0.5) is 0 Å². The summed E-state index contributed by atoms with van der Waals surface area (Å²) in [6.07, 6.45) is 0. The number of thiazole rings is 1. The number of hydrogen-bond donors (Lipinski definition) is 0. The Labute approximate surface area is 122 Å². The van der Waals surface area contributed by atoms with Crippen LogP contribution in [-0.4, -0.2) is 9.97 Å². The third-order valence-electron chi connectivity index (χ3n) is 2.46. The monoisotopic (exact) mass is 336 g/mol. The van der Waals surface area contributed by atoms with E-state index in [-0.39, 0.29) is 0 Å². The highest BCUT2D eigenvalue weighted by molar-refractivity contribution is 9.10. The van der Waals surface area contributed by atoms with Gasteiger partial charge in [-0.3, -0.25) is 0 Å². The fourth-order valence-electron chi connectivity index (χ4n) is 1.56. The standard InChI is InChI=1S/C13H9BrN2S2/c1-8-9(14)6-7-12(15-8)18-13-16-10-4-2-3-5-11(10)17-13/h2-7H,1H3. The van der Waals surface area contributed by atoms with Crippen molar-refractivity contribution in [1.82, 2.24) is 9.97 Å². The molecule has 3 aromatic rings. The molecule has 0 aliphatic rings. The van der Waals surface area contributed by atoms with E-state index in [4.69, 9.17) is 0 Å². The van der Waals surface area contributed by atoms with Crippen molar-refractivity contribution in [2.45, 2.75) is 16.3 Å². The zero-order chi connectivity index (χ0) is 12.5. The molecule has 0 N–H and O–H groups in total. The molecule has 0 saturated heterocycles. The minimum absolute atomic E-state index is 0.981. The molecule has 2 heterocycles. The number of fused-ring (bicyclic) bond motifs is 1. The topological polar surface area (TPSA) is 25.8 Å². The first-order valence-electron chi connectivity index (χ1n) is 5.39. The van der Waals surface area contributed by atoms with Gasteiger partial charge in [0.25, 0.3) is 0 Å². The lowest BCUT2D eigenvalue weighted by atomic mass is 10.3. The van der Waals surface area contributed by atoms with Gasteiger partial charge in [0, 0.05) is 4.47 Å². The Hall–Kier alpha value is -0.910. The first-order chi connectivity index (χ1) is 8.72. The number of aryl methyl sites for hydroxylation is 1. The van der Waals surface area contributed by atoms with Crippen LogP contribution in [-0.2, 0) is 0 Å². The van der Waals surface area contributed by atoms with Gasteiger partial charge in [0.15, 0.2) is 4.34 Å². The summed E-state index contributed by atoms with van der Waals surface area (Å²) >= 11 is 6.77. The SMILES string of the molecule is Cc1nc(Sc2nc3ccccc3s2)ccc1Br. The van der Waals surface area contributed by atoms with Crippen molar-refractivity contribution in [3.05, 3.63) is 46.6 Å².